The molecule has 1 heterocycles. The van der Waals surface area contributed by atoms with Gasteiger partial charge in [-0.1, -0.05) is 64.8 Å². The highest BCUT2D eigenvalue weighted by Crippen LogP contribution is 2.34. The van der Waals surface area contributed by atoms with Crippen LogP contribution in [0.25, 0.3) is 6.08 Å². The van der Waals surface area contributed by atoms with Crippen molar-refractivity contribution in [2.75, 3.05) is 4.90 Å². The summed E-state index contributed by atoms with van der Waals surface area (Å²) in [6.45, 7) is 0. The predicted molar refractivity (Wildman–Crippen MR) is 135 cm³/mol. The maximum Gasteiger partial charge on any atom is 0.270 e. The standard InChI is InChI=1S/C23H13Cl3N2O2S2/c24-14-6-10-16(11-7-14)32-15-8-4-13(5-9-15)12-17-21(29)27-23(31)28(22(17)30)19-3-1-2-18(25)20(19)26/h1-12H,(H,27,29,31)/b17-12+. The van der Waals surface area contributed by atoms with Crippen molar-refractivity contribution in [1.82, 2.24) is 5.32 Å². The Morgan fingerprint density at radius 2 is 1.50 bits per heavy atom. The Hall–Kier alpha value is -2.35. The van der Waals surface area contributed by atoms with Crippen molar-refractivity contribution in [3.63, 3.8) is 0 Å². The first-order valence-electron chi connectivity index (χ1n) is 9.22. The molecule has 4 nitrogen and oxygen atoms in total. The molecule has 3 aromatic rings. The van der Waals surface area contributed by atoms with Gasteiger partial charge in [0.2, 0.25) is 0 Å². The second kappa shape index (κ2) is 9.65. The summed E-state index contributed by atoms with van der Waals surface area (Å²) in [4.78, 5) is 28.9. The highest BCUT2D eigenvalue weighted by atomic mass is 35.5. The van der Waals surface area contributed by atoms with Gasteiger partial charge in [0.1, 0.15) is 5.57 Å². The van der Waals surface area contributed by atoms with Crippen molar-refractivity contribution in [3.05, 3.63) is 92.9 Å². The monoisotopic (exact) mass is 518 g/mol. The van der Waals surface area contributed by atoms with Gasteiger partial charge in [-0.05, 0) is 72.4 Å². The Labute approximate surface area is 209 Å². The third-order valence-corrected chi connectivity index (χ3v) is 6.88. The van der Waals surface area contributed by atoms with E-state index in [2.05, 4.69) is 5.32 Å². The number of nitrogens with zero attached hydrogens (tertiary/aromatic N) is 1. The summed E-state index contributed by atoms with van der Waals surface area (Å²) in [5.41, 5.74) is 0.927. The Morgan fingerprint density at radius 1 is 0.875 bits per heavy atom. The zero-order valence-corrected chi connectivity index (χ0v) is 20.0. The second-order valence-electron chi connectivity index (χ2n) is 6.66. The van der Waals surface area contributed by atoms with E-state index in [9.17, 15) is 9.59 Å². The summed E-state index contributed by atoms with van der Waals surface area (Å²) in [6, 6.07) is 19.9. The molecule has 3 aromatic carbocycles. The fourth-order valence-electron chi connectivity index (χ4n) is 2.98. The minimum Gasteiger partial charge on any atom is -0.298 e. The number of anilines is 1. The van der Waals surface area contributed by atoms with Crippen LogP contribution < -0.4 is 10.2 Å². The lowest BCUT2D eigenvalue weighted by atomic mass is 10.1. The van der Waals surface area contributed by atoms with Crippen molar-refractivity contribution in [2.24, 2.45) is 0 Å². The molecule has 0 unspecified atom stereocenters. The van der Waals surface area contributed by atoms with E-state index in [0.717, 1.165) is 9.79 Å². The van der Waals surface area contributed by atoms with Crippen LogP contribution in [0.3, 0.4) is 0 Å². The molecule has 1 saturated heterocycles. The van der Waals surface area contributed by atoms with Crippen LogP contribution in [-0.2, 0) is 9.59 Å². The topological polar surface area (TPSA) is 49.4 Å². The largest absolute Gasteiger partial charge is 0.298 e. The maximum absolute atomic E-state index is 13.1. The molecule has 0 bridgehead atoms. The van der Waals surface area contributed by atoms with Gasteiger partial charge in [-0.3, -0.25) is 19.8 Å². The number of benzene rings is 3. The molecule has 32 heavy (non-hydrogen) atoms. The van der Waals surface area contributed by atoms with E-state index < -0.39 is 11.8 Å². The predicted octanol–water partition coefficient (Wildman–Crippen LogP) is 6.63. The van der Waals surface area contributed by atoms with Crippen LogP contribution in [0, 0.1) is 0 Å². The molecule has 160 valence electrons. The average Bonchev–Trinajstić information content (AvgIpc) is 2.77. The number of halogens is 3. The number of hydrogen-bond acceptors (Lipinski definition) is 4. The van der Waals surface area contributed by atoms with Gasteiger partial charge in [-0.25, -0.2) is 0 Å². The van der Waals surface area contributed by atoms with Crippen molar-refractivity contribution in [3.8, 4) is 0 Å². The number of carbonyl (C=O) groups is 2. The molecule has 2 amide bonds. The quantitative estimate of drug-likeness (QED) is 0.239. The molecule has 1 N–H and O–H groups in total. The molecule has 0 radical (unpaired) electrons. The van der Waals surface area contributed by atoms with Crippen LogP contribution in [0.15, 0.2) is 82.1 Å². The summed E-state index contributed by atoms with van der Waals surface area (Å²) in [6.07, 6.45) is 1.52. The molecule has 0 saturated carbocycles. The summed E-state index contributed by atoms with van der Waals surface area (Å²) in [5.74, 6) is -1.16. The first kappa shape index (κ1) is 22.8. The van der Waals surface area contributed by atoms with E-state index in [1.54, 1.807) is 30.0 Å². The first-order valence-corrected chi connectivity index (χ1v) is 11.6. The summed E-state index contributed by atoms with van der Waals surface area (Å²) in [7, 11) is 0. The third-order valence-electron chi connectivity index (χ3n) is 4.51. The summed E-state index contributed by atoms with van der Waals surface area (Å²) < 4.78 is 0. The van der Waals surface area contributed by atoms with Gasteiger partial charge >= 0.3 is 0 Å². The van der Waals surface area contributed by atoms with E-state index >= 15 is 0 Å². The molecular weight excluding hydrogens is 507 g/mol. The van der Waals surface area contributed by atoms with Crippen LogP contribution in [-0.4, -0.2) is 16.9 Å². The molecule has 1 aliphatic heterocycles. The minimum atomic E-state index is -0.581. The lowest BCUT2D eigenvalue weighted by Gasteiger charge is -2.29. The first-order chi connectivity index (χ1) is 15.3. The molecule has 0 aliphatic carbocycles. The number of hydrogen-bond donors (Lipinski definition) is 1. The molecule has 4 rings (SSSR count). The molecule has 9 heteroatoms. The van der Waals surface area contributed by atoms with E-state index in [4.69, 9.17) is 47.0 Å². The Bertz CT molecular complexity index is 1260. The number of thiocarbonyl (C=S) groups is 1. The van der Waals surface area contributed by atoms with E-state index in [1.165, 1.54) is 11.0 Å². The van der Waals surface area contributed by atoms with Crippen molar-refractivity contribution >= 4 is 87.5 Å². The van der Waals surface area contributed by atoms with Crippen molar-refractivity contribution < 1.29 is 9.59 Å². The molecule has 1 fully saturated rings. The van der Waals surface area contributed by atoms with Gasteiger partial charge < -0.3 is 0 Å². The van der Waals surface area contributed by atoms with E-state index in [1.807, 2.05) is 48.5 Å². The fourth-order valence-corrected chi connectivity index (χ4v) is 4.58. The molecule has 1 aliphatic rings. The fraction of sp³-hybridized carbons (Fsp3) is 0. The van der Waals surface area contributed by atoms with Crippen LogP contribution in [0.2, 0.25) is 15.1 Å². The average molecular weight is 520 g/mol. The third kappa shape index (κ3) is 4.85. The zero-order valence-electron chi connectivity index (χ0n) is 16.1. The van der Waals surface area contributed by atoms with Crippen LogP contribution in [0.5, 0.6) is 0 Å². The number of carbonyl (C=O) groups excluding carboxylic acids is 2. The molecule has 0 spiro atoms. The van der Waals surface area contributed by atoms with E-state index in [0.29, 0.717) is 16.3 Å². The van der Waals surface area contributed by atoms with Gasteiger partial charge in [0.25, 0.3) is 11.8 Å². The Kier molecular flexibility index (Phi) is 6.88. The number of nitrogens with one attached hydrogen (secondary N) is 1. The van der Waals surface area contributed by atoms with Crippen LogP contribution in [0.1, 0.15) is 5.56 Å². The zero-order chi connectivity index (χ0) is 22.8. The normalized spacial score (nSPS) is 15.3. The number of rotatable bonds is 4. The Balaban J connectivity index is 1.60. The number of amides is 2. The summed E-state index contributed by atoms with van der Waals surface area (Å²) >= 11 is 25.1. The molecule has 0 aromatic heterocycles. The van der Waals surface area contributed by atoms with Crippen LogP contribution in [0.4, 0.5) is 5.69 Å². The van der Waals surface area contributed by atoms with Crippen molar-refractivity contribution in [1.29, 1.82) is 0 Å². The van der Waals surface area contributed by atoms with Gasteiger partial charge in [0.05, 0.1) is 15.7 Å². The van der Waals surface area contributed by atoms with E-state index in [-0.39, 0.29) is 20.7 Å². The summed E-state index contributed by atoms with van der Waals surface area (Å²) in [5, 5.41) is 3.60. The molecular formula is C23H13Cl3N2O2S2. The van der Waals surface area contributed by atoms with Crippen LogP contribution >= 0.6 is 58.8 Å². The lowest BCUT2D eigenvalue weighted by molar-refractivity contribution is -0.122. The SMILES string of the molecule is O=C1NC(=S)N(c2cccc(Cl)c2Cl)C(=O)/C1=C/c1ccc(Sc2ccc(Cl)cc2)cc1. The smallest absolute Gasteiger partial charge is 0.270 e. The highest BCUT2D eigenvalue weighted by molar-refractivity contribution is 7.99. The van der Waals surface area contributed by atoms with Gasteiger partial charge in [-0.2, -0.15) is 0 Å². The molecule has 0 atom stereocenters. The van der Waals surface area contributed by atoms with Gasteiger partial charge in [-0.15, -0.1) is 0 Å². The lowest BCUT2D eigenvalue weighted by Crippen LogP contribution is -2.54. The minimum absolute atomic E-state index is 0.0592. The second-order valence-corrected chi connectivity index (χ2v) is 9.41. The van der Waals surface area contributed by atoms with Gasteiger partial charge in [0, 0.05) is 14.8 Å². The highest BCUT2D eigenvalue weighted by Gasteiger charge is 2.35. The van der Waals surface area contributed by atoms with Crippen molar-refractivity contribution in [2.45, 2.75) is 9.79 Å². The Morgan fingerprint density at radius 3 is 2.16 bits per heavy atom. The van der Waals surface area contributed by atoms with Gasteiger partial charge in [0.15, 0.2) is 5.11 Å². The maximum atomic E-state index is 13.1.